The predicted octanol–water partition coefficient (Wildman–Crippen LogP) is 2.38. The Morgan fingerprint density at radius 2 is 1.92 bits per heavy atom. The van der Waals surface area contributed by atoms with Gasteiger partial charge in [-0.1, -0.05) is 0 Å². The zero-order chi connectivity index (χ0) is 17.2. The molecule has 2 aliphatic heterocycles. The number of amides is 1. The van der Waals surface area contributed by atoms with Crippen LogP contribution in [-0.4, -0.2) is 33.6 Å². The van der Waals surface area contributed by atoms with Crippen LogP contribution in [-0.2, 0) is 10.3 Å². The third-order valence-corrected chi connectivity index (χ3v) is 5.30. The van der Waals surface area contributed by atoms with Crippen molar-refractivity contribution >= 4 is 18.3 Å². The van der Waals surface area contributed by atoms with Crippen molar-refractivity contribution in [3.63, 3.8) is 0 Å². The number of carbonyl (C=O) groups is 1. The van der Waals surface area contributed by atoms with Crippen molar-refractivity contribution in [3.8, 4) is 0 Å². The molecule has 1 aromatic carbocycles. The van der Waals surface area contributed by atoms with E-state index in [4.69, 9.17) is 5.73 Å². The summed E-state index contributed by atoms with van der Waals surface area (Å²) in [5, 5.41) is 10.4. The molecular weight excluding hydrogens is 338 g/mol. The van der Waals surface area contributed by atoms with Gasteiger partial charge in [-0.15, -0.1) is 12.4 Å². The summed E-state index contributed by atoms with van der Waals surface area (Å²) in [7, 11) is 0. The molecule has 2 fully saturated rings. The van der Waals surface area contributed by atoms with E-state index in [2.05, 4.69) is 0 Å². The smallest absolute Gasteiger partial charge is 0.240 e. The quantitative estimate of drug-likeness (QED) is 0.851. The standard InChI is InChI=1S/C17H22F2N2O2.ClH/c1-9-6-11(18)12(19)7-10(9)17-5-4-14(16(2,3)23)21(17)15(22)13(20)8-17;/h6-7,13-14,23H,4-5,8,20H2,1-3H3;1H/t13-,14+,17+;/m0./s1. The van der Waals surface area contributed by atoms with Gasteiger partial charge in [0.05, 0.1) is 23.2 Å². The summed E-state index contributed by atoms with van der Waals surface area (Å²) >= 11 is 0. The second-order valence-corrected chi connectivity index (χ2v) is 7.34. The highest BCUT2D eigenvalue weighted by atomic mass is 35.5. The Balaban J connectivity index is 0.00000208. The summed E-state index contributed by atoms with van der Waals surface area (Å²) in [5.41, 5.74) is 5.30. The Bertz CT molecular complexity index is 677. The monoisotopic (exact) mass is 360 g/mol. The average molecular weight is 361 g/mol. The second-order valence-electron chi connectivity index (χ2n) is 7.34. The molecule has 0 aliphatic carbocycles. The molecule has 24 heavy (non-hydrogen) atoms. The maximum atomic E-state index is 13.8. The first-order valence-corrected chi connectivity index (χ1v) is 7.85. The van der Waals surface area contributed by atoms with Gasteiger partial charge >= 0.3 is 0 Å². The number of hydrogen-bond acceptors (Lipinski definition) is 3. The van der Waals surface area contributed by atoms with E-state index in [0.29, 0.717) is 30.4 Å². The Morgan fingerprint density at radius 3 is 2.50 bits per heavy atom. The third-order valence-electron chi connectivity index (χ3n) is 5.30. The zero-order valence-corrected chi connectivity index (χ0v) is 14.8. The molecule has 3 N–H and O–H groups in total. The van der Waals surface area contributed by atoms with Crippen LogP contribution in [0.5, 0.6) is 0 Å². The van der Waals surface area contributed by atoms with E-state index in [1.807, 2.05) is 0 Å². The number of benzene rings is 1. The van der Waals surface area contributed by atoms with E-state index in [-0.39, 0.29) is 18.3 Å². The highest BCUT2D eigenvalue weighted by Crippen LogP contribution is 2.52. The van der Waals surface area contributed by atoms with Crippen LogP contribution in [0, 0.1) is 18.6 Å². The summed E-state index contributed by atoms with van der Waals surface area (Å²) in [6, 6.07) is 1.25. The van der Waals surface area contributed by atoms with E-state index in [0.717, 1.165) is 6.07 Å². The summed E-state index contributed by atoms with van der Waals surface area (Å²) in [4.78, 5) is 14.2. The number of hydrogen-bond donors (Lipinski definition) is 2. The third kappa shape index (κ3) is 2.61. The lowest BCUT2D eigenvalue weighted by atomic mass is 9.82. The Hall–Kier alpha value is -1.24. The van der Waals surface area contributed by atoms with Crippen molar-refractivity contribution in [1.82, 2.24) is 4.90 Å². The molecule has 0 spiro atoms. The maximum absolute atomic E-state index is 13.8. The molecule has 0 aromatic heterocycles. The molecule has 7 heteroatoms. The van der Waals surface area contributed by atoms with Crippen LogP contribution < -0.4 is 5.73 Å². The molecule has 0 radical (unpaired) electrons. The van der Waals surface area contributed by atoms with Gasteiger partial charge in [0.1, 0.15) is 0 Å². The lowest BCUT2D eigenvalue weighted by Gasteiger charge is -2.40. The van der Waals surface area contributed by atoms with Gasteiger partial charge in [-0.2, -0.15) is 0 Å². The fourth-order valence-corrected chi connectivity index (χ4v) is 4.31. The first-order valence-electron chi connectivity index (χ1n) is 7.85. The summed E-state index contributed by atoms with van der Waals surface area (Å²) in [6.45, 7) is 5.02. The topological polar surface area (TPSA) is 66.6 Å². The molecule has 2 heterocycles. The maximum Gasteiger partial charge on any atom is 0.240 e. The fraction of sp³-hybridized carbons (Fsp3) is 0.588. The van der Waals surface area contributed by atoms with Gasteiger partial charge in [0.15, 0.2) is 11.6 Å². The van der Waals surface area contributed by atoms with Crippen molar-refractivity contribution in [3.05, 3.63) is 34.9 Å². The van der Waals surface area contributed by atoms with E-state index >= 15 is 0 Å². The SMILES string of the molecule is Cc1cc(F)c(F)cc1[C@]12CC[C@H](C(C)(C)O)N1C(=O)[C@@H](N)C2.Cl. The number of fused-ring (bicyclic) bond motifs is 1. The van der Waals surface area contributed by atoms with Gasteiger partial charge in [-0.3, -0.25) is 4.79 Å². The van der Waals surface area contributed by atoms with Crippen molar-refractivity contribution in [2.45, 2.75) is 63.3 Å². The number of rotatable bonds is 2. The molecule has 0 unspecified atom stereocenters. The molecule has 2 aliphatic rings. The van der Waals surface area contributed by atoms with Crippen molar-refractivity contribution in [2.75, 3.05) is 0 Å². The first-order chi connectivity index (χ1) is 10.6. The minimum Gasteiger partial charge on any atom is -0.388 e. The number of aliphatic hydroxyl groups is 1. The van der Waals surface area contributed by atoms with E-state index in [1.54, 1.807) is 25.7 Å². The first kappa shape index (κ1) is 19.1. The fourth-order valence-electron chi connectivity index (χ4n) is 4.31. The lowest BCUT2D eigenvalue weighted by Crippen LogP contribution is -2.52. The Labute approximate surface area is 146 Å². The molecule has 4 nitrogen and oxygen atoms in total. The largest absolute Gasteiger partial charge is 0.388 e. The van der Waals surface area contributed by atoms with Gasteiger partial charge in [-0.25, -0.2) is 8.78 Å². The molecular formula is C17H23ClF2N2O2. The van der Waals surface area contributed by atoms with Crippen LogP contribution in [0.25, 0.3) is 0 Å². The Kier molecular flexibility index (Phi) is 4.72. The number of nitrogens with zero attached hydrogens (tertiary/aromatic N) is 1. The molecule has 3 atom stereocenters. The molecule has 134 valence electrons. The van der Waals surface area contributed by atoms with Crippen LogP contribution in [0.15, 0.2) is 12.1 Å². The van der Waals surface area contributed by atoms with Gasteiger partial charge in [-0.05, 0) is 63.3 Å². The van der Waals surface area contributed by atoms with E-state index < -0.39 is 34.9 Å². The molecule has 2 saturated heterocycles. The molecule has 1 aromatic rings. The van der Waals surface area contributed by atoms with E-state index in [9.17, 15) is 18.7 Å². The van der Waals surface area contributed by atoms with Crippen molar-refractivity contribution < 1.29 is 18.7 Å². The van der Waals surface area contributed by atoms with Gasteiger partial charge in [0.25, 0.3) is 0 Å². The van der Waals surface area contributed by atoms with Crippen LogP contribution in [0.3, 0.4) is 0 Å². The number of aryl methyl sites for hydroxylation is 1. The molecule has 3 rings (SSSR count). The second kappa shape index (κ2) is 5.93. The number of halogens is 3. The molecule has 1 amide bonds. The van der Waals surface area contributed by atoms with Crippen LogP contribution in [0.2, 0.25) is 0 Å². The minimum atomic E-state index is -1.09. The normalized spacial score (nSPS) is 29.6. The summed E-state index contributed by atoms with van der Waals surface area (Å²) in [5.74, 6) is -2.07. The van der Waals surface area contributed by atoms with E-state index in [1.165, 1.54) is 6.07 Å². The lowest BCUT2D eigenvalue weighted by molar-refractivity contribution is -0.138. The molecule has 0 bridgehead atoms. The minimum absolute atomic E-state index is 0. The highest BCUT2D eigenvalue weighted by Gasteiger charge is 2.60. The predicted molar refractivity (Wildman–Crippen MR) is 88.8 cm³/mol. The van der Waals surface area contributed by atoms with Crippen molar-refractivity contribution in [2.24, 2.45) is 5.73 Å². The van der Waals surface area contributed by atoms with Gasteiger partial charge in [0, 0.05) is 0 Å². The van der Waals surface area contributed by atoms with Crippen molar-refractivity contribution in [1.29, 1.82) is 0 Å². The number of nitrogens with two attached hydrogens (primary N) is 1. The summed E-state index contributed by atoms with van der Waals surface area (Å²) in [6.07, 6.45) is 1.53. The Morgan fingerprint density at radius 1 is 1.33 bits per heavy atom. The van der Waals surface area contributed by atoms with Gasteiger partial charge < -0.3 is 15.7 Å². The molecule has 0 saturated carbocycles. The average Bonchev–Trinajstić information content (AvgIpc) is 2.91. The van der Waals surface area contributed by atoms with Gasteiger partial charge in [0.2, 0.25) is 5.91 Å². The van der Waals surface area contributed by atoms with Crippen LogP contribution in [0.4, 0.5) is 8.78 Å². The zero-order valence-electron chi connectivity index (χ0n) is 14.0. The highest BCUT2D eigenvalue weighted by molar-refractivity contribution is 5.86. The van der Waals surface area contributed by atoms with Crippen LogP contribution in [0.1, 0.15) is 44.2 Å². The number of carbonyl (C=O) groups excluding carboxylic acids is 1. The summed E-state index contributed by atoms with van der Waals surface area (Å²) < 4.78 is 27.3. The van der Waals surface area contributed by atoms with Crippen LogP contribution >= 0.6 is 12.4 Å².